The van der Waals surface area contributed by atoms with E-state index in [1.54, 1.807) is 12.1 Å². The SMILES string of the molecule is Cc1c(C#CCO)cccc1C(=O)NCC1CCC(=O)N1. The van der Waals surface area contributed by atoms with Crippen LogP contribution in [0.3, 0.4) is 0 Å². The molecule has 2 amide bonds. The van der Waals surface area contributed by atoms with Gasteiger partial charge in [0.25, 0.3) is 5.91 Å². The zero-order chi connectivity index (χ0) is 15.2. The van der Waals surface area contributed by atoms with E-state index >= 15 is 0 Å². The molecule has 0 spiro atoms. The Hall–Kier alpha value is -2.32. The first kappa shape index (κ1) is 15.1. The van der Waals surface area contributed by atoms with Gasteiger partial charge in [0.2, 0.25) is 5.91 Å². The molecule has 1 fully saturated rings. The van der Waals surface area contributed by atoms with Crippen molar-refractivity contribution in [2.75, 3.05) is 13.2 Å². The Balaban J connectivity index is 2.03. The summed E-state index contributed by atoms with van der Waals surface area (Å²) in [5.74, 6) is 5.26. The van der Waals surface area contributed by atoms with Gasteiger partial charge in [-0.1, -0.05) is 17.9 Å². The lowest BCUT2D eigenvalue weighted by Gasteiger charge is -2.13. The van der Waals surface area contributed by atoms with E-state index < -0.39 is 0 Å². The van der Waals surface area contributed by atoms with Gasteiger partial charge >= 0.3 is 0 Å². The summed E-state index contributed by atoms with van der Waals surface area (Å²) in [6.07, 6.45) is 1.27. The Morgan fingerprint density at radius 1 is 1.52 bits per heavy atom. The van der Waals surface area contributed by atoms with Crippen LogP contribution in [0.5, 0.6) is 0 Å². The molecule has 0 aliphatic carbocycles. The van der Waals surface area contributed by atoms with E-state index in [2.05, 4.69) is 22.5 Å². The maximum absolute atomic E-state index is 12.2. The van der Waals surface area contributed by atoms with Crippen LogP contribution >= 0.6 is 0 Å². The van der Waals surface area contributed by atoms with Gasteiger partial charge in [-0.3, -0.25) is 9.59 Å². The fourth-order valence-electron chi connectivity index (χ4n) is 2.29. The Bertz CT molecular complexity index is 614. The van der Waals surface area contributed by atoms with Crippen LogP contribution in [0.2, 0.25) is 0 Å². The molecule has 1 heterocycles. The number of hydrogen-bond donors (Lipinski definition) is 3. The van der Waals surface area contributed by atoms with Crippen molar-refractivity contribution in [1.29, 1.82) is 0 Å². The number of benzene rings is 1. The summed E-state index contributed by atoms with van der Waals surface area (Å²) in [4.78, 5) is 23.3. The highest BCUT2D eigenvalue weighted by atomic mass is 16.2. The molecule has 0 saturated carbocycles. The molecular formula is C16H18N2O3. The molecule has 0 radical (unpaired) electrons. The zero-order valence-electron chi connectivity index (χ0n) is 11.9. The number of hydrogen-bond acceptors (Lipinski definition) is 3. The minimum absolute atomic E-state index is 0.0131. The molecule has 0 bridgehead atoms. The van der Waals surface area contributed by atoms with Crippen molar-refractivity contribution in [2.45, 2.75) is 25.8 Å². The summed E-state index contributed by atoms with van der Waals surface area (Å²) in [5.41, 5.74) is 2.07. The molecule has 1 atom stereocenters. The average Bonchev–Trinajstić information content (AvgIpc) is 2.89. The molecule has 1 unspecified atom stereocenters. The first-order chi connectivity index (χ1) is 10.1. The molecule has 1 aliphatic heterocycles. The molecule has 5 nitrogen and oxygen atoms in total. The average molecular weight is 286 g/mol. The summed E-state index contributed by atoms with van der Waals surface area (Å²) < 4.78 is 0. The first-order valence-electron chi connectivity index (χ1n) is 6.88. The second kappa shape index (κ2) is 6.91. The molecule has 110 valence electrons. The third kappa shape index (κ3) is 3.83. The molecule has 1 aliphatic rings. The van der Waals surface area contributed by atoms with Crippen LogP contribution in [0.1, 0.15) is 34.3 Å². The fraction of sp³-hybridized carbons (Fsp3) is 0.375. The van der Waals surface area contributed by atoms with Crippen molar-refractivity contribution in [3.05, 3.63) is 34.9 Å². The predicted octanol–water partition coefficient (Wildman–Crippen LogP) is 0.347. The predicted molar refractivity (Wildman–Crippen MR) is 78.6 cm³/mol. The van der Waals surface area contributed by atoms with E-state index in [1.165, 1.54) is 0 Å². The molecular weight excluding hydrogens is 268 g/mol. The highest BCUT2D eigenvalue weighted by Crippen LogP contribution is 2.13. The van der Waals surface area contributed by atoms with Gasteiger partial charge in [0.05, 0.1) is 0 Å². The standard InChI is InChI=1S/C16H18N2O3/c1-11-12(5-3-9-19)4-2-6-14(11)16(21)17-10-13-7-8-15(20)18-13/h2,4,6,13,19H,7-10H2,1H3,(H,17,21)(H,18,20). The number of carbonyl (C=O) groups excluding carboxylic acids is 2. The van der Waals surface area contributed by atoms with Crippen LogP contribution in [-0.4, -0.2) is 36.1 Å². The fourth-order valence-corrected chi connectivity index (χ4v) is 2.29. The minimum atomic E-state index is -0.211. The summed E-state index contributed by atoms with van der Waals surface area (Å²) in [7, 11) is 0. The van der Waals surface area contributed by atoms with Gasteiger partial charge in [-0.05, 0) is 31.0 Å². The lowest BCUT2D eigenvalue weighted by Crippen LogP contribution is -2.38. The van der Waals surface area contributed by atoms with Crippen LogP contribution in [0.25, 0.3) is 0 Å². The van der Waals surface area contributed by atoms with Gasteiger partial charge < -0.3 is 15.7 Å². The van der Waals surface area contributed by atoms with Crippen molar-refractivity contribution in [2.24, 2.45) is 0 Å². The van der Waals surface area contributed by atoms with Gasteiger partial charge in [-0.15, -0.1) is 0 Å². The number of carbonyl (C=O) groups is 2. The topological polar surface area (TPSA) is 78.4 Å². The molecule has 2 rings (SSSR count). The molecule has 0 aromatic heterocycles. The monoisotopic (exact) mass is 286 g/mol. The third-order valence-corrected chi connectivity index (χ3v) is 3.47. The molecule has 5 heteroatoms. The lowest BCUT2D eigenvalue weighted by molar-refractivity contribution is -0.119. The van der Waals surface area contributed by atoms with Crippen LogP contribution in [-0.2, 0) is 4.79 Å². The van der Waals surface area contributed by atoms with Crippen molar-refractivity contribution in [3.8, 4) is 11.8 Å². The van der Waals surface area contributed by atoms with Gasteiger partial charge in [0.15, 0.2) is 0 Å². The lowest BCUT2D eigenvalue weighted by atomic mass is 10.0. The summed E-state index contributed by atoms with van der Waals surface area (Å²) in [6.45, 7) is 2.04. The van der Waals surface area contributed by atoms with Gasteiger partial charge in [0.1, 0.15) is 6.61 Å². The Kier molecular flexibility index (Phi) is 4.96. The highest BCUT2D eigenvalue weighted by Gasteiger charge is 2.21. The minimum Gasteiger partial charge on any atom is -0.384 e. The van der Waals surface area contributed by atoms with E-state index in [0.29, 0.717) is 18.5 Å². The summed E-state index contributed by atoms with van der Waals surface area (Å²) in [6, 6.07) is 5.33. The molecule has 1 saturated heterocycles. The Morgan fingerprint density at radius 2 is 2.33 bits per heavy atom. The van der Waals surface area contributed by atoms with E-state index in [-0.39, 0.29) is 24.5 Å². The van der Waals surface area contributed by atoms with E-state index in [1.807, 2.05) is 13.0 Å². The van der Waals surface area contributed by atoms with E-state index in [4.69, 9.17) is 5.11 Å². The van der Waals surface area contributed by atoms with Crippen molar-refractivity contribution < 1.29 is 14.7 Å². The van der Waals surface area contributed by atoms with Crippen molar-refractivity contribution in [1.82, 2.24) is 10.6 Å². The third-order valence-electron chi connectivity index (χ3n) is 3.47. The largest absolute Gasteiger partial charge is 0.384 e. The van der Waals surface area contributed by atoms with E-state index in [9.17, 15) is 9.59 Å². The number of aliphatic hydroxyl groups excluding tert-OH is 1. The normalized spacial score (nSPS) is 16.9. The van der Waals surface area contributed by atoms with E-state index in [0.717, 1.165) is 17.5 Å². The van der Waals surface area contributed by atoms with Crippen molar-refractivity contribution >= 4 is 11.8 Å². The van der Waals surface area contributed by atoms with Crippen molar-refractivity contribution in [3.63, 3.8) is 0 Å². The van der Waals surface area contributed by atoms with Crippen LogP contribution in [0.4, 0.5) is 0 Å². The molecule has 1 aromatic rings. The number of rotatable bonds is 3. The van der Waals surface area contributed by atoms with Crippen LogP contribution in [0, 0.1) is 18.8 Å². The smallest absolute Gasteiger partial charge is 0.251 e. The quantitative estimate of drug-likeness (QED) is 0.702. The highest BCUT2D eigenvalue weighted by molar-refractivity contribution is 5.96. The molecule has 21 heavy (non-hydrogen) atoms. The Morgan fingerprint density at radius 3 is 3.00 bits per heavy atom. The second-order valence-corrected chi connectivity index (χ2v) is 4.95. The summed E-state index contributed by atoms with van der Waals surface area (Å²) in [5, 5.41) is 14.4. The summed E-state index contributed by atoms with van der Waals surface area (Å²) >= 11 is 0. The maximum atomic E-state index is 12.2. The Labute approximate surface area is 123 Å². The number of aliphatic hydroxyl groups is 1. The van der Waals surface area contributed by atoms with Gasteiger partial charge in [-0.25, -0.2) is 0 Å². The molecule has 1 aromatic carbocycles. The second-order valence-electron chi connectivity index (χ2n) is 4.95. The zero-order valence-corrected chi connectivity index (χ0v) is 11.9. The van der Waals surface area contributed by atoms with Crippen LogP contribution in [0.15, 0.2) is 18.2 Å². The number of nitrogens with one attached hydrogen (secondary N) is 2. The maximum Gasteiger partial charge on any atom is 0.251 e. The molecule has 3 N–H and O–H groups in total. The van der Waals surface area contributed by atoms with Gasteiger partial charge in [0, 0.05) is 30.1 Å². The van der Waals surface area contributed by atoms with Gasteiger partial charge in [-0.2, -0.15) is 0 Å². The number of amides is 2. The first-order valence-corrected chi connectivity index (χ1v) is 6.88. The van der Waals surface area contributed by atoms with Crippen LogP contribution < -0.4 is 10.6 Å².